The van der Waals surface area contributed by atoms with Gasteiger partial charge in [0.2, 0.25) is 0 Å². The molecule has 1 rings (SSSR count). The molecular formula is C24H42O3S. The molecule has 28 heavy (non-hydrogen) atoms. The van der Waals surface area contributed by atoms with Gasteiger partial charge in [-0.25, -0.2) is 0 Å². The molecule has 3 unspecified atom stereocenters. The lowest BCUT2D eigenvalue weighted by Gasteiger charge is -2.42. The lowest BCUT2D eigenvalue weighted by molar-refractivity contribution is -0.141. The van der Waals surface area contributed by atoms with Crippen molar-refractivity contribution in [1.82, 2.24) is 0 Å². The fourth-order valence-electron chi connectivity index (χ4n) is 4.33. The number of carbonyl (C=O) groups is 2. The molecule has 0 aromatic rings. The molecule has 0 amide bonds. The Hall–Kier alpha value is -0.770. The Bertz CT molecular complexity index is 524. The number of Topliss-reactive ketones (excluding diaryl/α,β-unsaturated/α-hetero) is 1. The molecule has 0 saturated heterocycles. The van der Waals surface area contributed by atoms with Gasteiger partial charge in [0.1, 0.15) is 5.78 Å². The zero-order valence-corrected chi connectivity index (χ0v) is 19.8. The summed E-state index contributed by atoms with van der Waals surface area (Å²) in [5.74, 6) is 1.29. The number of ether oxygens (including phenoxy) is 1. The standard InChI is InChI=1S/C24H42O3S/c1-7-10-13-19(8-2)16-27-22(26)17-28-21(15-20(25)9-3)23-18(4)12-11-14-24(23,5)6/h12,19,21,23H,7-11,13-17H2,1-6H3. The number of carbonyl (C=O) groups excluding carboxylic acids is 2. The van der Waals surface area contributed by atoms with Gasteiger partial charge >= 0.3 is 5.97 Å². The van der Waals surface area contributed by atoms with Crippen LogP contribution in [-0.2, 0) is 14.3 Å². The van der Waals surface area contributed by atoms with E-state index in [1.165, 1.54) is 18.4 Å². The molecule has 4 heteroatoms. The van der Waals surface area contributed by atoms with Gasteiger partial charge in [-0.15, -0.1) is 11.8 Å². The highest BCUT2D eigenvalue weighted by Crippen LogP contribution is 2.47. The first kappa shape index (κ1) is 25.3. The van der Waals surface area contributed by atoms with Crippen LogP contribution in [0.3, 0.4) is 0 Å². The van der Waals surface area contributed by atoms with Crippen LogP contribution in [0.4, 0.5) is 0 Å². The van der Waals surface area contributed by atoms with Gasteiger partial charge in [-0.05, 0) is 43.4 Å². The molecule has 0 spiro atoms. The number of unbranched alkanes of at least 4 members (excludes halogenated alkanes) is 1. The first-order valence-electron chi connectivity index (χ1n) is 11.2. The van der Waals surface area contributed by atoms with Crippen molar-refractivity contribution < 1.29 is 14.3 Å². The largest absolute Gasteiger partial charge is 0.465 e. The normalized spacial score (nSPS) is 20.9. The zero-order valence-electron chi connectivity index (χ0n) is 19.0. The van der Waals surface area contributed by atoms with Crippen LogP contribution in [0.5, 0.6) is 0 Å². The van der Waals surface area contributed by atoms with Crippen molar-refractivity contribution >= 4 is 23.5 Å². The Morgan fingerprint density at radius 3 is 2.57 bits per heavy atom. The highest BCUT2D eigenvalue weighted by Gasteiger charge is 2.39. The van der Waals surface area contributed by atoms with E-state index in [-0.39, 0.29) is 22.4 Å². The second-order valence-corrected chi connectivity index (χ2v) is 10.2. The van der Waals surface area contributed by atoms with E-state index in [0.717, 1.165) is 25.7 Å². The maximum absolute atomic E-state index is 12.4. The molecule has 3 atom stereocenters. The minimum Gasteiger partial charge on any atom is -0.465 e. The molecule has 1 aliphatic carbocycles. The van der Waals surface area contributed by atoms with Gasteiger partial charge < -0.3 is 4.74 Å². The molecule has 0 aromatic heterocycles. The average molecular weight is 411 g/mol. The van der Waals surface area contributed by atoms with Gasteiger partial charge in [0, 0.05) is 18.1 Å². The van der Waals surface area contributed by atoms with E-state index in [1.807, 2.05) is 6.92 Å². The van der Waals surface area contributed by atoms with Crippen LogP contribution in [0.25, 0.3) is 0 Å². The Balaban J connectivity index is 2.69. The lowest BCUT2D eigenvalue weighted by atomic mass is 9.66. The molecule has 0 heterocycles. The molecule has 162 valence electrons. The van der Waals surface area contributed by atoms with Gasteiger partial charge in [-0.2, -0.15) is 0 Å². The first-order chi connectivity index (χ1) is 13.2. The van der Waals surface area contributed by atoms with Crippen molar-refractivity contribution in [3.05, 3.63) is 11.6 Å². The van der Waals surface area contributed by atoms with Gasteiger partial charge in [-0.3, -0.25) is 9.59 Å². The van der Waals surface area contributed by atoms with Gasteiger partial charge in [-0.1, -0.05) is 65.5 Å². The van der Waals surface area contributed by atoms with E-state index in [0.29, 0.717) is 37.0 Å². The van der Waals surface area contributed by atoms with E-state index in [2.05, 4.69) is 40.7 Å². The van der Waals surface area contributed by atoms with Crippen molar-refractivity contribution in [2.75, 3.05) is 12.4 Å². The summed E-state index contributed by atoms with van der Waals surface area (Å²) in [7, 11) is 0. The van der Waals surface area contributed by atoms with Gasteiger partial charge in [0.15, 0.2) is 0 Å². The molecule has 0 aromatic carbocycles. The van der Waals surface area contributed by atoms with Gasteiger partial charge in [0.25, 0.3) is 0 Å². The third kappa shape index (κ3) is 8.31. The molecule has 0 fully saturated rings. The topological polar surface area (TPSA) is 43.4 Å². The van der Waals surface area contributed by atoms with Crippen LogP contribution < -0.4 is 0 Å². The molecule has 0 aliphatic heterocycles. The fourth-order valence-corrected chi connectivity index (χ4v) is 5.85. The quantitative estimate of drug-likeness (QED) is 0.253. The minimum absolute atomic E-state index is 0.135. The third-order valence-corrected chi connectivity index (χ3v) is 7.49. The first-order valence-corrected chi connectivity index (χ1v) is 12.3. The Kier molecular flexibility index (Phi) is 11.5. The van der Waals surface area contributed by atoms with Crippen LogP contribution in [0.2, 0.25) is 0 Å². The Labute approximate surface area is 177 Å². The molecule has 0 bridgehead atoms. The van der Waals surface area contributed by atoms with Crippen molar-refractivity contribution in [3.8, 4) is 0 Å². The Morgan fingerprint density at radius 2 is 2.00 bits per heavy atom. The molecule has 0 saturated carbocycles. The number of hydrogen-bond donors (Lipinski definition) is 0. The molecule has 0 radical (unpaired) electrons. The predicted octanol–water partition coefficient (Wildman–Crippen LogP) is 6.60. The highest BCUT2D eigenvalue weighted by molar-refractivity contribution is 8.00. The van der Waals surface area contributed by atoms with E-state index in [1.54, 1.807) is 11.8 Å². The van der Waals surface area contributed by atoms with Crippen LogP contribution in [0, 0.1) is 17.3 Å². The van der Waals surface area contributed by atoms with Crippen LogP contribution in [0.15, 0.2) is 11.6 Å². The van der Waals surface area contributed by atoms with Crippen molar-refractivity contribution in [1.29, 1.82) is 0 Å². The zero-order chi connectivity index (χ0) is 21.2. The van der Waals surface area contributed by atoms with Crippen molar-refractivity contribution in [2.24, 2.45) is 17.3 Å². The lowest BCUT2D eigenvalue weighted by Crippen LogP contribution is -2.37. The summed E-state index contributed by atoms with van der Waals surface area (Å²) in [5.41, 5.74) is 1.53. The number of rotatable bonds is 13. The molecular weight excluding hydrogens is 368 g/mol. The molecule has 0 N–H and O–H groups in total. The summed E-state index contributed by atoms with van der Waals surface area (Å²) in [6.07, 6.45) is 10.2. The minimum atomic E-state index is -0.135. The maximum atomic E-state index is 12.4. The average Bonchev–Trinajstić information content (AvgIpc) is 2.65. The van der Waals surface area contributed by atoms with Crippen LogP contribution in [-0.4, -0.2) is 29.4 Å². The number of thioether (sulfide) groups is 1. The van der Waals surface area contributed by atoms with Crippen molar-refractivity contribution in [3.63, 3.8) is 0 Å². The van der Waals surface area contributed by atoms with E-state index < -0.39 is 0 Å². The van der Waals surface area contributed by atoms with E-state index >= 15 is 0 Å². The number of allylic oxidation sites excluding steroid dienone is 2. The highest BCUT2D eigenvalue weighted by atomic mass is 32.2. The summed E-state index contributed by atoms with van der Waals surface area (Å²) in [6, 6.07) is 0. The molecule has 1 aliphatic rings. The second-order valence-electron chi connectivity index (χ2n) is 9.00. The van der Waals surface area contributed by atoms with Crippen molar-refractivity contribution in [2.45, 2.75) is 98.2 Å². The summed E-state index contributed by atoms with van der Waals surface area (Å²) < 4.78 is 5.58. The van der Waals surface area contributed by atoms with Crippen LogP contribution >= 0.6 is 11.8 Å². The number of esters is 1. The second kappa shape index (κ2) is 12.7. The number of ketones is 1. The summed E-state index contributed by atoms with van der Waals surface area (Å²) in [5, 5.41) is 0.147. The van der Waals surface area contributed by atoms with Crippen LogP contribution in [0.1, 0.15) is 92.9 Å². The third-order valence-electron chi connectivity index (χ3n) is 6.22. The number of hydrogen-bond acceptors (Lipinski definition) is 4. The smallest absolute Gasteiger partial charge is 0.315 e. The SMILES string of the molecule is CCCCC(CC)COC(=O)CSC(CC(=O)CC)C1C(C)=CCCC1(C)C. The molecule has 3 nitrogen and oxygen atoms in total. The Morgan fingerprint density at radius 1 is 1.29 bits per heavy atom. The van der Waals surface area contributed by atoms with Gasteiger partial charge in [0.05, 0.1) is 12.4 Å². The monoisotopic (exact) mass is 410 g/mol. The summed E-state index contributed by atoms with van der Waals surface area (Å²) in [4.78, 5) is 24.6. The summed E-state index contributed by atoms with van der Waals surface area (Å²) >= 11 is 1.63. The van der Waals surface area contributed by atoms with E-state index in [9.17, 15) is 9.59 Å². The van der Waals surface area contributed by atoms with E-state index in [4.69, 9.17) is 4.74 Å². The predicted molar refractivity (Wildman–Crippen MR) is 121 cm³/mol. The summed E-state index contributed by atoms with van der Waals surface area (Å²) in [6.45, 7) is 13.6. The fraction of sp³-hybridized carbons (Fsp3) is 0.833. The maximum Gasteiger partial charge on any atom is 0.315 e.